The van der Waals surface area contributed by atoms with Crippen LogP contribution in [0.1, 0.15) is 5.56 Å². The van der Waals surface area contributed by atoms with Gasteiger partial charge in [0.25, 0.3) is 0 Å². The maximum Gasteiger partial charge on any atom is 0.125 e. The van der Waals surface area contributed by atoms with E-state index in [1.54, 1.807) is 24.5 Å². The number of nitrogens with zero attached hydrogens (tertiary/aromatic N) is 2. The van der Waals surface area contributed by atoms with E-state index in [0.717, 1.165) is 16.6 Å². The van der Waals surface area contributed by atoms with Crippen molar-refractivity contribution in [3.63, 3.8) is 0 Å². The van der Waals surface area contributed by atoms with Crippen LogP contribution >= 0.6 is 11.6 Å². The maximum atomic E-state index is 9.79. The number of pyridine rings is 1. The molecule has 3 nitrogen and oxygen atoms in total. The summed E-state index contributed by atoms with van der Waals surface area (Å²) >= 11 is 5.80. The molecular formula is C16H11ClN2O. The molecule has 2 aromatic carbocycles. The number of rotatable bonds is 2. The zero-order valence-electron chi connectivity index (χ0n) is 10.5. The number of benzene rings is 2. The van der Waals surface area contributed by atoms with Crippen LogP contribution in [0.5, 0.6) is 5.75 Å². The van der Waals surface area contributed by atoms with E-state index < -0.39 is 0 Å². The molecule has 0 atom stereocenters. The lowest BCUT2D eigenvalue weighted by atomic mass is 10.2. The second-order valence-electron chi connectivity index (χ2n) is 4.31. The second kappa shape index (κ2) is 5.31. The standard InChI is InChI=1S/C16H11ClN2O/c17-13-7-6-12(15(20)9-13)10-19-14-5-1-3-11-4-2-8-18-16(11)14/h1-10,20H. The van der Waals surface area contributed by atoms with Crippen LogP contribution in [-0.2, 0) is 0 Å². The van der Waals surface area contributed by atoms with E-state index in [2.05, 4.69) is 9.98 Å². The van der Waals surface area contributed by atoms with E-state index in [0.29, 0.717) is 10.6 Å². The van der Waals surface area contributed by atoms with Gasteiger partial charge in [-0.3, -0.25) is 9.98 Å². The van der Waals surface area contributed by atoms with Crippen LogP contribution in [0, 0.1) is 0 Å². The van der Waals surface area contributed by atoms with Crippen LogP contribution in [0.4, 0.5) is 5.69 Å². The summed E-state index contributed by atoms with van der Waals surface area (Å²) in [5.74, 6) is 0.106. The molecular weight excluding hydrogens is 272 g/mol. The van der Waals surface area contributed by atoms with Crippen molar-refractivity contribution in [2.24, 2.45) is 4.99 Å². The minimum Gasteiger partial charge on any atom is -0.507 e. The Balaban J connectivity index is 2.02. The topological polar surface area (TPSA) is 45.5 Å². The number of phenols is 1. The molecule has 98 valence electrons. The zero-order chi connectivity index (χ0) is 13.9. The highest BCUT2D eigenvalue weighted by Gasteiger charge is 2.01. The molecule has 3 rings (SSSR count). The number of para-hydroxylation sites is 1. The van der Waals surface area contributed by atoms with Crippen LogP contribution < -0.4 is 0 Å². The predicted molar refractivity (Wildman–Crippen MR) is 82.1 cm³/mol. The Labute approximate surface area is 121 Å². The van der Waals surface area contributed by atoms with Crippen LogP contribution in [0.15, 0.2) is 59.7 Å². The average molecular weight is 283 g/mol. The molecule has 0 saturated carbocycles. The smallest absolute Gasteiger partial charge is 0.125 e. The largest absolute Gasteiger partial charge is 0.507 e. The first-order valence-electron chi connectivity index (χ1n) is 6.10. The Bertz CT molecular complexity index is 794. The van der Waals surface area contributed by atoms with Gasteiger partial charge in [-0.05, 0) is 30.3 Å². The lowest BCUT2D eigenvalue weighted by Gasteiger charge is -2.01. The number of aliphatic imine (C=N–C) groups is 1. The molecule has 0 aliphatic rings. The molecule has 20 heavy (non-hydrogen) atoms. The minimum atomic E-state index is 0.106. The van der Waals surface area contributed by atoms with Crippen molar-refractivity contribution in [3.8, 4) is 5.75 Å². The van der Waals surface area contributed by atoms with E-state index in [9.17, 15) is 5.11 Å². The van der Waals surface area contributed by atoms with E-state index in [-0.39, 0.29) is 5.75 Å². The highest BCUT2D eigenvalue weighted by molar-refractivity contribution is 6.30. The summed E-state index contributed by atoms with van der Waals surface area (Å²) in [5, 5.41) is 11.3. The van der Waals surface area contributed by atoms with Crippen LogP contribution in [0.3, 0.4) is 0 Å². The Kier molecular flexibility index (Phi) is 3.35. The first kappa shape index (κ1) is 12.6. The molecule has 0 fully saturated rings. The van der Waals surface area contributed by atoms with Crippen molar-refractivity contribution >= 4 is 34.4 Å². The number of aromatic nitrogens is 1. The summed E-state index contributed by atoms with van der Waals surface area (Å²) in [4.78, 5) is 8.74. The molecule has 0 bridgehead atoms. The van der Waals surface area contributed by atoms with Crippen molar-refractivity contribution < 1.29 is 5.11 Å². The quantitative estimate of drug-likeness (QED) is 0.711. The third-order valence-corrected chi connectivity index (χ3v) is 3.18. The number of hydrogen-bond acceptors (Lipinski definition) is 3. The van der Waals surface area contributed by atoms with Crippen molar-refractivity contribution in [3.05, 3.63) is 65.3 Å². The molecule has 0 saturated heterocycles. The number of fused-ring (bicyclic) bond motifs is 1. The van der Waals surface area contributed by atoms with Crippen molar-refractivity contribution in [1.29, 1.82) is 0 Å². The number of halogens is 1. The summed E-state index contributed by atoms with van der Waals surface area (Å²) in [6.45, 7) is 0. The summed E-state index contributed by atoms with van der Waals surface area (Å²) in [7, 11) is 0. The molecule has 0 spiro atoms. The first-order valence-corrected chi connectivity index (χ1v) is 6.48. The van der Waals surface area contributed by atoms with Crippen molar-refractivity contribution in [2.75, 3.05) is 0 Å². The van der Waals surface area contributed by atoms with Gasteiger partial charge in [-0.2, -0.15) is 0 Å². The van der Waals surface area contributed by atoms with Gasteiger partial charge in [-0.25, -0.2) is 0 Å². The molecule has 0 radical (unpaired) electrons. The third-order valence-electron chi connectivity index (χ3n) is 2.95. The third kappa shape index (κ3) is 2.49. The SMILES string of the molecule is Oc1cc(Cl)ccc1C=Nc1cccc2cccnc12. The molecule has 0 aliphatic carbocycles. The average Bonchev–Trinajstić information content (AvgIpc) is 2.46. The fourth-order valence-electron chi connectivity index (χ4n) is 1.96. The molecule has 0 amide bonds. The number of hydrogen-bond donors (Lipinski definition) is 1. The number of phenolic OH excluding ortho intramolecular Hbond substituents is 1. The lowest BCUT2D eigenvalue weighted by molar-refractivity contribution is 0.474. The number of aromatic hydroxyl groups is 1. The predicted octanol–water partition coefficient (Wildman–Crippen LogP) is 4.34. The Morgan fingerprint density at radius 1 is 1.10 bits per heavy atom. The highest BCUT2D eigenvalue weighted by atomic mass is 35.5. The molecule has 3 aromatic rings. The monoisotopic (exact) mass is 282 g/mol. The van der Waals surface area contributed by atoms with Crippen LogP contribution in [0.25, 0.3) is 10.9 Å². The molecule has 1 N–H and O–H groups in total. The van der Waals surface area contributed by atoms with Crippen molar-refractivity contribution in [1.82, 2.24) is 4.98 Å². The minimum absolute atomic E-state index is 0.106. The van der Waals surface area contributed by atoms with Gasteiger partial charge in [0.15, 0.2) is 0 Å². The van der Waals surface area contributed by atoms with E-state index >= 15 is 0 Å². The fraction of sp³-hybridized carbons (Fsp3) is 0. The van der Waals surface area contributed by atoms with Gasteiger partial charge in [0.2, 0.25) is 0 Å². The van der Waals surface area contributed by atoms with Gasteiger partial charge in [-0.15, -0.1) is 0 Å². The van der Waals surface area contributed by atoms with E-state index in [1.807, 2.05) is 30.3 Å². The van der Waals surface area contributed by atoms with E-state index in [4.69, 9.17) is 11.6 Å². The summed E-state index contributed by atoms with van der Waals surface area (Å²) in [6, 6.07) is 14.6. The van der Waals surface area contributed by atoms with E-state index in [1.165, 1.54) is 6.07 Å². The molecule has 1 aromatic heterocycles. The normalized spacial score (nSPS) is 11.2. The molecule has 4 heteroatoms. The van der Waals surface area contributed by atoms with Gasteiger partial charge < -0.3 is 5.11 Å². The summed E-state index contributed by atoms with van der Waals surface area (Å²) in [5.41, 5.74) is 2.21. The Morgan fingerprint density at radius 2 is 1.95 bits per heavy atom. The summed E-state index contributed by atoms with van der Waals surface area (Å²) < 4.78 is 0. The maximum absolute atomic E-state index is 9.79. The lowest BCUT2D eigenvalue weighted by Crippen LogP contribution is -1.83. The van der Waals surface area contributed by atoms with Crippen molar-refractivity contribution in [2.45, 2.75) is 0 Å². The Morgan fingerprint density at radius 3 is 2.80 bits per heavy atom. The molecule has 0 aliphatic heterocycles. The highest BCUT2D eigenvalue weighted by Crippen LogP contribution is 2.25. The first-order chi connectivity index (χ1) is 9.74. The summed E-state index contributed by atoms with van der Waals surface area (Å²) in [6.07, 6.45) is 3.34. The molecule has 1 heterocycles. The van der Waals surface area contributed by atoms with Crippen LogP contribution in [0.2, 0.25) is 5.02 Å². The zero-order valence-corrected chi connectivity index (χ0v) is 11.2. The fourth-order valence-corrected chi connectivity index (χ4v) is 2.12. The van der Waals surface area contributed by atoms with Gasteiger partial charge in [0, 0.05) is 28.4 Å². The van der Waals surface area contributed by atoms with Gasteiger partial charge >= 0.3 is 0 Å². The molecule has 0 unspecified atom stereocenters. The Hall–Kier alpha value is -2.39. The van der Waals surface area contributed by atoms with Crippen LogP contribution in [-0.4, -0.2) is 16.3 Å². The van der Waals surface area contributed by atoms with Gasteiger partial charge in [-0.1, -0.05) is 29.8 Å². The van der Waals surface area contributed by atoms with Gasteiger partial charge in [0.05, 0.1) is 11.2 Å². The van der Waals surface area contributed by atoms with Gasteiger partial charge in [0.1, 0.15) is 5.75 Å². The second-order valence-corrected chi connectivity index (χ2v) is 4.75.